The van der Waals surface area contributed by atoms with Gasteiger partial charge in [0.05, 0.1) is 6.10 Å². The van der Waals surface area contributed by atoms with Crippen LogP contribution < -0.4 is 0 Å². The summed E-state index contributed by atoms with van der Waals surface area (Å²) in [5.74, 6) is 2.89. The van der Waals surface area contributed by atoms with Crippen molar-refractivity contribution in [3.05, 3.63) is 11.6 Å². The highest BCUT2D eigenvalue weighted by Crippen LogP contribution is 2.76. The molecule has 0 aromatic rings. The Morgan fingerprint density at radius 2 is 1.39 bits per heavy atom. The Balaban J connectivity index is 1.14. The number of rotatable bonds is 15. The van der Waals surface area contributed by atoms with Gasteiger partial charge in [0, 0.05) is 11.8 Å². The minimum absolute atomic E-state index is 0.0101. The van der Waals surface area contributed by atoms with Crippen molar-refractivity contribution in [2.75, 3.05) is 0 Å². The van der Waals surface area contributed by atoms with Crippen molar-refractivity contribution in [1.82, 2.24) is 0 Å². The van der Waals surface area contributed by atoms with Crippen LogP contribution in [0.4, 0.5) is 0 Å². The van der Waals surface area contributed by atoms with E-state index in [0.717, 1.165) is 43.9 Å². The SMILES string of the molecule is CCCCCCCCCCCCCCCC(=O)OC1CCC2(C)C(C(O)CC3(C)C2CCC2C4C(C)C(C)=CCC4(C)CCC23C)C1(C)C. The number of carbonyl (C=O) groups is 1. The average molecular weight is 681 g/mol. The molecule has 11 atom stereocenters. The van der Waals surface area contributed by atoms with E-state index in [4.69, 9.17) is 4.74 Å². The quantitative estimate of drug-likeness (QED) is 0.106. The molecule has 4 saturated carbocycles. The Hall–Kier alpha value is -0.830. The smallest absolute Gasteiger partial charge is 0.306 e. The molecule has 0 aromatic heterocycles. The van der Waals surface area contributed by atoms with Crippen LogP contribution in [-0.4, -0.2) is 23.3 Å². The Morgan fingerprint density at radius 1 is 0.796 bits per heavy atom. The van der Waals surface area contributed by atoms with Crippen LogP contribution in [0.15, 0.2) is 11.6 Å². The van der Waals surface area contributed by atoms with E-state index in [0.29, 0.717) is 23.7 Å². The average Bonchev–Trinajstić information content (AvgIpc) is 3.03. The van der Waals surface area contributed by atoms with Gasteiger partial charge >= 0.3 is 5.97 Å². The molecule has 4 fully saturated rings. The molecule has 49 heavy (non-hydrogen) atoms. The van der Waals surface area contributed by atoms with Crippen LogP contribution in [0, 0.1) is 56.7 Å². The van der Waals surface area contributed by atoms with Crippen LogP contribution in [-0.2, 0) is 9.53 Å². The number of esters is 1. The van der Waals surface area contributed by atoms with E-state index in [1.807, 2.05) is 0 Å². The van der Waals surface area contributed by atoms with E-state index in [1.54, 1.807) is 5.57 Å². The lowest BCUT2D eigenvalue weighted by Crippen LogP contribution is -2.70. The van der Waals surface area contributed by atoms with Gasteiger partial charge < -0.3 is 9.84 Å². The number of aliphatic hydroxyl groups is 1. The monoisotopic (exact) mass is 681 g/mol. The zero-order valence-electron chi connectivity index (χ0n) is 33.9. The minimum atomic E-state index is -0.349. The Labute approximate surface area is 304 Å². The fourth-order valence-electron chi connectivity index (χ4n) is 14.1. The lowest BCUT2D eigenvalue weighted by Gasteiger charge is -2.74. The summed E-state index contributed by atoms with van der Waals surface area (Å²) in [7, 11) is 0. The Morgan fingerprint density at radius 3 is 2.00 bits per heavy atom. The molecule has 0 heterocycles. The third kappa shape index (κ3) is 7.38. The van der Waals surface area contributed by atoms with Crippen LogP contribution in [0.5, 0.6) is 0 Å². The second-order valence-corrected chi connectivity index (χ2v) is 20.3. The summed E-state index contributed by atoms with van der Waals surface area (Å²) in [6.07, 6.45) is 29.1. The zero-order valence-corrected chi connectivity index (χ0v) is 33.9. The maximum Gasteiger partial charge on any atom is 0.306 e. The van der Waals surface area contributed by atoms with Gasteiger partial charge in [0.25, 0.3) is 0 Å². The first kappa shape index (κ1) is 39.4. The second-order valence-electron chi connectivity index (χ2n) is 20.3. The van der Waals surface area contributed by atoms with E-state index in [9.17, 15) is 9.90 Å². The number of fused-ring (bicyclic) bond motifs is 7. The van der Waals surface area contributed by atoms with Gasteiger partial charge in [0.2, 0.25) is 0 Å². The molecule has 11 unspecified atom stereocenters. The van der Waals surface area contributed by atoms with Crippen LogP contribution in [0.2, 0.25) is 0 Å². The molecular weight excluding hydrogens is 601 g/mol. The second kappa shape index (κ2) is 15.6. The van der Waals surface area contributed by atoms with Crippen LogP contribution >= 0.6 is 0 Å². The molecule has 3 nitrogen and oxygen atoms in total. The molecule has 0 spiro atoms. The Kier molecular flexibility index (Phi) is 12.6. The standard InChI is InChI=1S/C46H80O3/c1-10-11-12-13-14-15-16-17-18-19-20-21-22-23-39(48)49-38-27-29-44(7)37-25-24-35-40-34(3)33(2)26-28-43(40,6)30-31-45(35,8)46(37,9)32-36(47)41(44)42(38,4)5/h26,34-38,40-41,47H,10-25,27-32H2,1-9H3. The summed E-state index contributed by atoms with van der Waals surface area (Å²) >= 11 is 0. The van der Waals surface area contributed by atoms with Gasteiger partial charge in [-0.05, 0) is 116 Å². The summed E-state index contributed by atoms with van der Waals surface area (Å²) in [6, 6.07) is 0. The number of carbonyl (C=O) groups excluding carboxylic acids is 1. The van der Waals surface area contributed by atoms with E-state index >= 15 is 0 Å². The molecule has 3 heteroatoms. The maximum atomic E-state index is 13.2. The highest BCUT2D eigenvalue weighted by Gasteiger charge is 2.71. The van der Waals surface area contributed by atoms with Crippen LogP contribution in [0.25, 0.3) is 0 Å². The van der Waals surface area contributed by atoms with Gasteiger partial charge in [-0.1, -0.05) is 144 Å². The summed E-state index contributed by atoms with van der Waals surface area (Å²) in [4.78, 5) is 13.2. The number of hydrogen-bond acceptors (Lipinski definition) is 3. The molecule has 0 amide bonds. The zero-order chi connectivity index (χ0) is 35.7. The van der Waals surface area contributed by atoms with Crippen molar-refractivity contribution in [2.24, 2.45) is 56.7 Å². The molecule has 0 aromatic carbocycles. The molecule has 5 aliphatic rings. The third-order valence-corrected chi connectivity index (χ3v) is 17.1. The normalized spacial score (nSPS) is 42.7. The fourth-order valence-corrected chi connectivity index (χ4v) is 14.1. The summed E-state index contributed by atoms with van der Waals surface area (Å²) in [6.45, 7) is 22.2. The molecule has 0 saturated heterocycles. The topological polar surface area (TPSA) is 46.5 Å². The first-order valence-electron chi connectivity index (χ1n) is 21.7. The molecule has 0 bridgehead atoms. The lowest BCUT2D eigenvalue weighted by atomic mass is 9.31. The van der Waals surface area contributed by atoms with Gasteiger partial charge in [0.1, 0.15) is 6.10 Å². The number of unbranched alkanes of at least 4 members (excludes halogenated alkanes) is 12. The van der Waals surface area contributed by atoms with Gasteiger partial charge in [-0.25, -0.2) is 0 Å². The predicted molar refractivity (Wildman–Crippen MR) is 206 cm³/mol. The maximum absolute atomic E-state index is 13.2. The van der Waals surface area contributed by atoms with Crippen LogP contribution in [0.3, 0.4) is 0 Å². The molecule has 282 valence electrons. The molecular formula is C46H80O3. The summed E-state index contributed by atoms with van der Waals surface area (Å²) in [5.41, 5.74) is 2.24. The van der Waals surface area contributed by atoms with Gasteiger partial charge in [-0.2, -0.15) is 0 Å². The van der Waals surface area contributed by atoms with Gasteiger partial charge in [-0.3, -0.25) is 4.79 Å². The van der Waals surface area contributed by atoms with Crippen molar-refractivity contribution in [2.45, 2.75) is 216 Å². The van der Waals surface area contributed by atoms with E-state index in [2.05, 4.69) is 68.4 Å². The number of aliphatic hydroxyl groups excluding tert-OH is 1. The summed E-state index contributed by atoms with van der Waals surface area (Å²) < 4.78 is 6.36. The molecule has 5 aliphatic carbocycles. The number of ether oxygens (including phenoxy) is 1. The summed E-state index contributed by atoms with van der Waals surface area (Å²) in [5, 5.41) is 12.3. The highest BCUT2D eigenvalue weighted by molar-refractivity contribution is 5.69. The number of hydrogen-bond donors (Lipinski definition) is 1. The first-order chi connectivity index (χ1) is 23.2. The van der Waals surface area contributed by atoms with Crippen molar-refractivity contribution in [3.63, 3.8) is 0 Å². The lowest BCUT2D eigenvalue weighted by molar-refractivity contribution is -0.278. The molecule has 5 rings (SSSR count). The molecule has 1 N–H and O–H groups in total. The third-order valence-electron chi connectivity index (χ3n) is 17.1. The highest BCUT2D eigenvalue weighted by atomic mass is 16.5. The fraction of sp³-hybridized carbons (Fsp3) is 0.935. The van der Waals surface area contributed by atoms with Gasteiger partial charge in [-0.15, -0.1) is 0 Å². The van der Waals surface area contributed by atoms with Crippen molar-refractivity contribution in [1.29, 1.82) is 0 Å². The molecule has 0 aliphatic heterocycles. The number of allylic oxidation sites excluding steroid dienone is 2. The van der Waals surface area contributed by atoms with Crippen LogP contribution in [0.1, 0.15) is 204 Å². The van der Waals surface area contributed by atoms with Gasteiger partial charge in [0.15, 0.2) is 0 Å². The Bertz CT molecular complexity index is 1140. The van der Waals surface area contributed by atoms with E-state index in [-0.39, 0.29) is 45.8 Å². The van der Waals surface area contributed by atoms with E-state index in [1.165, 1.54) is 103 Å². The minimum Gasteiger partial charge on any atom is -0.462 e. The van der Waals surface area contributed by atoms with Crippen molar-refractivity contribution >= 4 is 5.97 Å². The first-order valence-corrected chi connectivity index (χ1v) is 21.7. The van der Waals surface area contributed by atoms with E-state index < -0.39 is 0 Å². The van der Waals surface area contributed by atoms with Crippen molar-refractivity contribution < 1.29 is 14.6 Å². The predicted octanol–water partition coefficient (Wildman–Crippen LogP) is 13.0. The molecule has 0 radical (unpaired) electrons. The largest absolute Gasteiger partial charge is 0.462 e. The van der Waals surface area contributed by atoms with Crippen molar-refractivity contribution in [3.8, 4) is 0 Å².